The Morgan fingerprint density at radius 2 is 2.33 bits per heavy atom. The van der Waals surface area contributed by atoms with E-state index in [2.05, 4.69) is 5.92 Å². The number of benzene rings is 1. The van der Waals surface area contributed by atoms with Crippen molar-refractivity contribution in [3.05, 3.63) is 35.7 Å². The first kappa shape index (κ1) is 13.8. The molecular weight excluding hydrogens is 233 g/mol. The minimum absolute atomic E-state index is 0.233. The van der Waals surface area contributed by atoms with Gasteiger partial charge in [0.1, 0.15) is 5.82 Å². The van der Waals surface area contributed by atoms with Gasteiger partial charge in [-0.3, -0.25) is 0 Å². The molecule has 0 amide bonds. The number of anilines is 1. The molecule has 4 heteroatoms. The Bertz CT molecular complexity index is 503. The number of rotatable bonds is 5. The van der Waals surface area contributed by atoms with Gasteiger partial charge in [0.25, 0.3) is 0 Å². The van der Waals surface area contributed by atoms with E-state index < -0.39 is 11.8 Å². The third-order valence-corrected chi connectivity index (χ3v) is 2.43. The highest BCUT2D eigenvalue weighted by molar-refractivity contribution is 5.87. The number of aliphatic carboxylic acids is 1. The van der Waals surface area contributed by atoms with E-state index in [0.29, 0.717) is 18.8 Å². The van der Waals surface area contributed by atoms with Crippen molar-refractivity contribution < 1.29 is 14.3 Å². The number of carboxylic acid groups (broad SMARTS) is 1. The van der Waals surface area contributed by atoms with Crippen LogP contribution in [0.5, 0.6) is 0 Å². The predicted molar refractivity (Wildman–Crippen MR) is 69.8 cm³/mol. The van der Waals surface area contributed by atoms with Gasteiger partial charge < -0.3 is 10.0 Å². The summed E-state index contributed by atoms with van der Waals surface area (Å²) in [6.07, 6.45) is 7.41. The van der Waals surface area contributed by atoms with Gasteiger partial charge in [-0.1, -0.05) is 12.0 Å². The number of carbonyl (C=O) groups is 1. The van der Waals surface area contributed by atoms with E-state index in [-0.39, 0.29) is 5.56 Å². The average Bonchev–Trinajstić information content (AvgIpc) is 2.34. The van der Waals surface area contributed by atoms with E-state index in [4.69, 9.17) is 11.5 Å². The van der Waals surface area contributed by atoms with Crippen LogP contribution in [0.3, 0.4) is 0 Å². The molecule has 94 valence electrons. The fourth-order valence-electron chi connectivity index (χ4n) is 1.60. The summed E-state index contributed by atoms with van der Waals surface area (Å²) >= 11 is 0. The molecule has 1 aromatic rings. The minimum Gasteiger partial charge on any atom is -0.478 e. The number of hydrogen-bond acceptors (Lipinski definition) is 2. The summed E-state index contributed by atoms with van der Waals surface area (Å²) in [5, 5.41) is 8.60. The van der Waals surface area contributed by atoms with Crippen LogP contribution < -0.4 is 4.90 Å². The largest absolute Gasteiger partial charge is 0.478 e. The molecule has 0 aromatic heterocycles. The zero-order chi connectivity index (χ0) is 13.5. The number of carboxylic acids is 1. The molecule has 0 saturated heterocycles. The van der Waals surface area contributed by atoms with E-state index in [9.17, 15) is 9.18 Å². The highest BCUT2D eigenvalue weighted by Crippen LogP contribution is 2.24. The van der Waals surface area contributed by atoms with Crippen molar-refractivity contribution in [3.63, 3.8) is 0 Å². The Labute approximate surface area is 106 Å². The number of nitrogens with zero attached hydrogens (tertiary/aromatic N) is 1. The van der Waals surface area contributed by atoms with Crippen molar-refractivity contribution in [3.8, 4) is 12.3 Å². The Balaban J connectivity index is 3.22. The molecule has 0 aliphatic rings. The Hall–Kier alpha value is -2.28. The normalized spacial score (nSPS) is 10.3. The standard InChI is InChI=1S/C14H14FNO2/c1-3-10-16(4-2)13-7-5-6-12(15)11(13)8-9-14(17)18/h1,5-9H,4,10H2,2H3,(H,17,18)/b9-8+. The lowest BCUT2D eigenvalue weighted by molar-refractivity contribution is -0.131. The van der Waals surface area contributed by atoms with Gasteiger partial charge in [-0.25, -0.2) is 9.18 Å². The van der Waals surface area contributed by atoms with E-state index in [1.54, 1.807) is 17.0 Å². The van der Waals surface area contributed by atoms with Gasteiger partial charge in [0.15, 0.2) is 0 Å². The van der Waals surface area contributed by atoms with Crippen LogP contribution in [0.15, 0.2) is 24.3 Å². The molecule has 0 bridgehead atoms. The predicted octanol–water partition coefficient (Wildman–Crippen LogP) is 2.38. The van der Waals surface area contributed by atoms with E-state index in [1.807, 2.05) is 6.92 Å². The topological polar surface area (TPSA) is 40.5 Å². The Kier molecular flexibility index (Phi) is 4.94. The molecule has 0 aliphatic heterocycles. The van der Waals surface area contributed by atoms with Crippen molar-refractivity contribution in [1.82, 2.24) is 0 Å². The van der Waals surface area contributed by atoms with Gasteiger partial charge in [-0.15, -0.1) is 6.42 Å². The smallest absolute Gasteiger partial charge is 0.328 e. The summed E-state index contributed by atoms with van der Waals surface area (Å²) in [5.41, 5.74) is 0.824. The van der Waals surface area contributed by atoms with Crippen LogP contribution in [-0.4, -0.2) is 24.2 Å². The molecule has 0 aliphatic carbocycles. The summed E-state index contributed by atoms with van der Waals surface area (Å²) in [5.74, 6) is 0.899. The first-order valence-corrected chi connectivity index (χ1v) is 5.48. The molecule has 0 spiro atoms. The van der Waals surface area contributed by atoms with Crippen LogP contribution in [-0.2, 0) is 4.79 Å². The van der Waals surface area contributed by atoms with Crippen LogP contribution in [0.25, 0.3) is 6.08 Å². The summed E-state index contributed by atoms with van der Waals surface area (Å²) in [4.78, 5) is 12.3. The van der Waals surface area contributed by atoms with Crippen molar-refractivity contribution >= 4 is 17.7 Å². The number of terminal acetylenes is 1. The summed E-state index contributed by atoms with van der Waals surface area (Å²) < 4.78 is 13.7. The lowest BCUT2D eigenvalue weighted by Crippen LogP contribution is -2.23. The number of halogens is 1. The van der Waals surface area contributed by atoms with E-state index in [0.717, 1.165) is 6.08 Å². The maximum Gasteiger partial charge on any atom is 0.328 e. The van der Waals surface area contributed by atoms with Gasteiger partial charge in [-0.2, -0.15) is 0 Å². The monoisotopic (exact) mass is 247 g/mol. The second kappa shape index (κ2) is 6.45. The second-order valence-electron chi connectivity index (χ2n) is 3.56. The molecule has 0 fully saturated rings. The lowest BCUT2D eigenvalue weighted by atomic mass is 10.1. The first-order valence-electron chi connectivity index (χ1n) is 5.48. The van der Waals surface area contributed by atoms with Crippen molar-refractivity contribution in [2.45, 2.75) is 6.92 Å². The van der Waals surface area contributed by atoms with Crippen molar-refractivity contribution in [2.75, 3.05) is 18.0 Å². The van der Waals surface area contributed by atoms with Gasteiger partial charge in [-0.05, 0) is 25.1 Å². The first-order chi connectivity index (χ1) is 8.60. The molecule has 1 rings (SSSR count). The molecule has 3 nitrogen and oxygen atoms in total. The fraction of sp³-hybridized carbons (Fsp3) is 0.214. The van der Waals surface area contributed by atoms with E-state index >= 15 is 0 Å². The summed E-state index contributed by atoms with van der Waals surface area (Å²) in [6, 6.07) is 4.57. The maximum atomic E-state index is 13.7. The molecule has 18 heavy (non-hydrogen) atoms. The van der Waals surface area contributed by atoms with Gasteiger partial charge >= 0.3 is 5.97 Å². The molecule has 0 saturated carbocycles. The maximum absolute atomic E-state index is 13.7. The molecule has 0 radical (unpaired) electrons. The van der Waals surface area contributed by atoms with Crippen molar-refractivity contribution in [2.24, 2.45) is 0 Å². The lowest BCUT2D eigenvalue weighted by Gasteiger charge is -2.22. The van der Waals surface area contributed by atoms with Gasteiger partial charge in [0, 0.05) is 23.9 Å². The van der Waals surface area contributed by atoms with Crippen LogP contribution in [0.1, 0.15) is 12.5 Å². The molecule has 0 atom stereocenters. The SMILES string of the molecule is C#CCN(CC)c1cccc(F)c1/C=C/C(=O)O. The molecule has 0 unspecified atom stereocenters. The van der Waals surface area contributed by atoms with Gasteiger partial charge in [0.05, 0.1) is 6.54 Å². The van der Waals surface area contributed by atoms with Crippen LogP contribution in [0, 0.1) is 18.2 Å². The fourth-order valence-corrected chi connectivity index (χ4v) is 1.60. The van der Waals surface area contributed by atoms with Crippen LogP contribution >= 0.6 is 0 Å². The highest BCUT2D eigenvalue weighted by Gasteiger charge is 2.11. The second-order valence-corrected chi connectivity index (χ2v) is 3.56. The third-order valence-electron chi connectivity index (χ3n) is 2.43. The zero-order valence-electron chi connectivity index (χ0n) is 10.1. The molecular formula is C14H14FNO2. The minimum atomic E-state index is -1.12. The zero-order valence-corrected chi connectivity index (χ0v) is 10.1. The third kappa shape index (κ3) is 3.36. The van der Waals surface area contributed by atoms with Gasteiger partial charge in [0.2, 0.25) is 0 Å². The highest BCUT2D eigenvalue weighted by atomic mass is 19.1. The average molecular weight is 247 g/mol. The molecule has 0 heterocycles. The Morgan fingerprint density at radius 1 is 1.61 bits per heavy atom. The summed E-state index contributed by atoms with van der Waals surface area (Å²) in [6.45, 7) is 2.85. The Morgan fingerprint density at radius 3 is 2.89 bits per heavy atom. The summed E-state index contributed by atoms with van der Waals surface area (Å²) in [7, 11) is 0. The van der Waals surface area contributed by atoms with Crippen LogP contribution in [0.4, 0.5) is 10.1 Å². The van der Waals surface area contributed by atoms with E-state index in [1.165, 1.54) is 12.1 Å². The van der Waals surface area contributed by atoms with Crippen LogP contribution in [0.2, 0.25) is 0 Å². The van der Waals surface area contributed by atoms with Crippen molar-refractivity contribution in [1.29, 1.82) is 0 Å². The molecule has 1 N–H and O–H groups in total. The quantitative estimate of drug-likeness (QED) is 0.641. The number of hydrogen-bond donors (Lipinski definition) is 1. The molecule has 1 aromatic carbocycles.